The van der Waals surface area contributed by atoms with E-state index in [4.69, 9.17) is 4.74 Å². The Bertz CT molecular complexity index is 296. The summed E-state index contributed by atoms with van der Waals surface area (Å²) >= 11 is 0. The van der Waals surface area contributed by atoms with Crippen molar-refractivity contribution in [2.24, 2.45) is 0 Å². The molecule has 1 aliphatic rings. The Morgan fingerprint density at radius 3 is 2.64 bits per heavy atom. The predicted octanol–water partition coefficient (Wildman–Crippen LogP) is 0.559. The van der Waals surface area contributed by atoms with Gasteiger partial charge in [-0.05, 0) is 26.2 Å². The molecular formula is C9H16O4S. The number of carbonyl (C=O) groups excluding carboxylic acids is 1. The minimum Gasteiger partial charge on any atom is -0.368 e. The van der Waals surface area contributed by atoms with E-state index in [2.05, 4.69) is 0 Å². The van der Waals surface area contributed by atoms with E-state index in [-0.39, 0.29) is 11.5 Å². The molecule has 1 fully saturated rings. The number of sulfone groups is 1. The monoisotopic (exact) mass is 220 g/mol. The normalized spacial score (nSPS) is 32.1. The SMILES string of the molecule is CCOC1(C=O)CCCS(=O)(=O)CC1. The quantitative estimate of drug-likeness (QED) is 0.652. The van der Waals surface area contributed by atoms with Gasteiger partial charge in [0.25, 0.3) is 0 Å². The molecule has 0 aromatic carbocycles. The minimum absolute atomic E-state index is 0.0612. The Morgan fingerprint density at radius 2 is 2.07 bits per heavy atom. The van der Waals surface area contributed by atoms with Crippen LogP contribution in [0.25, 0.3) is 0 Å². The van der Waals surface area contributed by atoms with E-state index in [0.29, 0.717) is 25.9 Å². The summed E-state index contributed by atoms with van der Waals surface area (Å²) in [4.78, 5) is 10.9. The second kappa shape index (κ2) is 4.40. The lowest BCUT2D eigenvalue weighted by Crippen LogP contribution is -2.35. The first-order chi connectivity index (χ1) is 6.54. The molecule has 0 aliphatic carbocycles. The van der Waals surface area contributed by atoms with Crippen molar-refractivity contribution < 1.29 is 17.9 Å². The molecule has 0 radical (unpaired) electrons. The molecule has 0 bridgehead atoms. The molecule has 0 amide bonds. The van der Waals surface area contributed by atoms with Gasteiger partial charge >= 0.3 is 0 Å². The highest BCUT2D eigenvalue weighted by atomic mass is 32.2. The van der Waals surface area contributed by atoms with Crippen molar-refractivity contribution in [1.29, 1.82) is 0 Å². The zero-order chi connectivity index (χ0) is 10.7. The van der Waals surface area contributed by atoms with E-state index in [1.807, 2.05) is 6.92 Å². The average molecular weight is 220 g/mol. The van der Waals surface area contributed by atoms with Gasteiger partial charge in [-0.2, -0.15) is 0 Å². The highest BCUT2D eigenvalue weighted by Crippen LogP contribution is 2.25. The Balaban J connectivity index is 2.76. The topological polar surface area (TPSA) is 60.4 Å². The fourth-order valence-electron chi connectivity index (χ4n) is 1.73. The first-order valence-corrected chi connectivity index (χ1v) is 6.66. The van der Waals surface area contributed by atoms with Crippen molar-refractivity contribution in [2.75, 3.05) is 18.1 Å². The predicted molar refractivity (Wildman–Crippen MR) is 52.9 cm³/mol. The largest absolute Gasteiger partial charge is 0.368 e. The summed E-state index contributed by atoms with van der Waals surface area (Å²) < 4.78 is 28.0. The molecule has 0 spiro atoms. The molecule has 1 aliphatic heterocycles. The summed E-state index contributed by atoms with van der Waals surface area (Å²) in [5.74, 6) is 0.238. The maximum atomic E-state index is 11.3. The summed E-state index contributed by atoms with van der Waals surface area (Å²) in [6.45, 7) is 2.25. The van der Waals surface area contributed by atoms with Gasteiger partial charge in [0.05, 0.1) is 11.5 Å². The number of rotatable bonds is 3. The van der Waals surface area contributed by atoms with Gasteiger partial charge in [0, 0.05) is 6.61 Å². The van der Waals surface area contributed by atoms with Gasteiger partial charge in [0.1, 0.15) is 15.4 Å². The summed E-state index contributed by atoms with van der Waals surface area (Å²) in [7, 11) is -2.96. The van der Waals surface area contributed by atoms with Crippen molar-refractivity contribution in [3.8, 4) is 0 Å². The van der Waals surface area contributed by atoms with E-state index in [0.717, 1.165) is 6.29 Å². The van der Waals surface area contributed by atoms with Crippen LogP contribution < -0.4 is 0 Å². The lowest BCUT2D eigenvalue weighted by molar-refractivity contribution is -0.132. The van der Waals surface area contributed by atoms with E-state index in [1.54, 1.807) is 0 Å². The molecule has 0 N–H and O–H groups in total. The molecule has 14 heavy (non-hydrogen) atoms. The van der Waals surface area contributed by atoms with Crippen molar-refractivity contribution in [3.05, 3.63) is 0 Å². The van der Waals surface area contributed by atoms with Crippen LogP contribution >= 0.6 is 0 Å². The van der Waals surface area contributed by atoms with Crippen LogP contribution in [0.3, 0.4) is 0 Å². The van der Waals surface area contributed by atoms with E-state index in [1.165, 1.54) is 0 Å². The molecule has 82 valence electrons. The number of aldehydes is 1. The van der Waals surface area contributed by atoms with Crippen LogP contribution in [0.2, 0.25) is 0 Å². The smallest absolute Gasteiger partial charge is 0.151 e. The lowest BCUT2D eigenvalue weighted by atomic mass is 9.96. The maximum Gasteiger partial charge on any atom is 0.151 e. The van der Waals surface area contributed by atoms with Crippen molar-refractivity contribution in [3.63, 3.8) is 0 Å². The molecule has 1 atom stereocenters. The number of hydrogen-bond acceptors (Lipinski definition) is 4. The Hall–Kier alpha value is -0.420. The third-order valence-electron chi connectivity index (χ3n) is 2.54. The first kappa shape index (κ1) is 11.7. The zero-order valence-electron chi connectivity index (χ0n) is 8.36. The molecule has 5 heteroatoms. The number of carbonyl (C=O) groups is 1. The Labute approximate surface area is 84.6 Å². The molecule has 1 saturated heterocycles. The maximum absolute atomic E-state index is 11.3. The lowest BCUT2D eigenvalue weighted by Gasteiger charge is -2.25. The molecule has 1 unspecified atom stereocenters. The third-order valence-corrected chi connectivity index (χ3v) is 4.27. The zero-order valence-corrected chi connectivity index (χ0v) is 9.18. The Kier molecular flexibility index (Phi) is 3.66. The first-order valence-electron chi connectivity index (χ1n) is 4.84. The second-order valence-corrected chi connectivity index (χ2v) is 5.92. The second-order valence-electron chi connectivity index (χ2n) is 3.62. The molecule has 1 heterocycles. The Morgan fingerprint density at radius 1 is 1.36 bits per heavy atom. The van der Waals surface area contributed by atoms with E-state index >= 15 is 0 Å². The molecular weight excluding hydrogens is 204 g/mol. The van der Waals surface area contributed by atoms with Crippen molar-refractivity contribution >= 4 is 16.1 Å². The van der Waals surface area contributed by atoms with Crippen LogP contribution in [0.15, 0.2) is 0 Å². The van der Waals surface area contributed by atoms with Crippen molar-refractivity contribution in [2.45, 2.75) is 31.8 Å². The number of ether oxygens (including phenoxy) is 1. The standard InChI is InChI=1S/C9H16O4S/c1-2-13-9(8-10)4-3-6-14(11,12)7-5-9/h8H,2-7H2,1H3. The summed E-state index contributed by atoms with van der Waals surface area (Å²) in [5.41, 5.74) is -0.849. The molecule has 4 nitrogen and oxygen atoms in total. The van der Waals surface area contributed by atoms with Crippen LogP contribution in [0.4, 0.5) is 0 Å². The average Bonchev–Trinajstić information content (AvgIpc) is 2.27. The van der Waals surface area contributed by atoms with Gasteiger partial charge in [-0.15, -0.1) is 0 Å². The third kappa shape index (κ3) is 2.78. The molecule has 1 rings (SSSR count). The fraction of sp³-hybridized carbons (Fsp3) is 0.889. The van der Waals surface area contributed by atoms with E-state index in [9.17, 15) is 13.2 Å². The van der Waals surface area contributed by atoms with Crippen LogP contribution in [0.5, 0.6) is 0 Å². The van der Waals surface area contributed by atoms with Gasteiger partial charge in [-0.25, -0.2) is 8.42 Å². The van der Waals surface area contributed by atoms with Crippen LogP contribution in [0.1, 0.15) is 26.2 Å². The summed E-state index contributed by atoms with van der Waals surface area (Å²) in [6.07, 6.45) is 2.09. The van der Waals surface area contributed by atoms with E-state index < -0.39 is 15.4 Å². The summed E-state index contributed by atoms with van der Waals surface area (Å²) in [6, 6.07) is 0. The van der Waals surface area contributed by atoms with Crippen LogP contribution in [-0.2, 0) is 19.4 Å². The fourth-order valence-corrected chi connectivity index (χ4v) is 3.18. The van der Waals surface area contributed by atoms with Crippen molar-refractivity contribution in [1.82, 2.24) is 0 Å². The molecule has 0 aromatic rings. The van der Waals surface area contributed by atoms with Gasteiger partial charge in [-0.1, -0.05) is 0 Å². The molecule has 0 aromatic heterocycles. The highest BCUT2D eigenvalue weighted by molar-refractivity contribution is 7.91. The minimum atomic E-state index is -2.96. The highest BCUT2D eigenvalue weighted by Gasteiger charge is 2.34. The van der Waals surface area contributed by atoms with Crippen LogP contribution in [0, 0.1) is 0 Å². The van der Waals surface area contributed by atoms with Gasteiger partial charge in [-0.3, -0.25) is 0 Å². The van der Waals surface area contributed by atoms with Gasteiger partial charge in [0.15, 0.2) is 6.29 Å². The van der Waals surface area contributed by atoms with Gasteiger partial charge in [0.2, 0.25) is 0 Å². The molecule has 0 saturated carbocycles. The van der Waals surface area contributed by atoms with Crippen LogP contribution in [-0.4, -0.2) is 38.4 Å². The van der Waals surface area contributed by atoms with Gasteiger partial charge < -0.3 is 9.53 Å². The number of hydrogen-bond donors (Lipinski definition) is 0. The summed E-state index contributed by atoms with van der Waals surface area (Å²) in [5, 5.41) is 0.